The third-order valence-electron chi connectivity index (χ3n) is 5.96. The van der Waals surface area contributed by atoms with Crippen LogP contribution in [0, 0.1) is 11.3 Å². The van der Waals surface area contributed by atoms with Crippen LogP contribution in [0.5, 0.6) is 0 Å². The number of hydrogen-bond acceptors (Lipinski definition) is 3. The average Bonchev–Trinajstić information content (AvgIpc) is 2.90. The van der Waals surface area contributed by atoms with Crippen LogP contribution >= 0.6 is 0 Å². The van der Waals surface area contributed by atoms with Gasteiger partial charge in [0.25, 0.3) is 0 Å². The van der Waals surface area contributed by atoms with E-state index in [2.05, 4.69) is 48.7 Å². The van der Waals surface area contributed by atoms with Crippen molar-refractivity contribution in [1.82, 2.24) is 9.80 Å². The lowest BCUT2D eigenvalue weighted by atomic mass is 10.1. The minimum Gasteiger partial charge on any atom is -0.364 e. The number of nitrogens with zero attached hydrogens (tertiary/aromatic N) is 3. The molecule has 2 aromatic rings. The molecule has 0 fully saturated rings. The van der Waals surface area contributed by atoms with Gasteiger partial charge in [0.2, 0.25) is 5.91 Å². The summed E-state index contributed by atoms with van der Waals surface area (Å²) in [5.41, 5.74) is 4.38. The molecule has 0 saturated heterocycles. The number of carbonyl (C=O) groups excluding carboxylic acids is 1. The molecule has 0 saturated carbocycles. The number of nitrogens with one attached hydrogen (secondary N) is 1. The maximum absolute atomic E-state index is 13.2. The highest BCUT2D eigenvalue weighted by molar-refractivity contribution is 5.96. The number of amides is 1. The fraction of sp³-hybridized carbons (Fsp3) is 0.385. The molecule has 3 rings (SSSR count). The molecule has 0 bridgehead atoms. The first-order valence-corrected chi connectivity index (χ1v) is 11.0. The molecule has 1 aliphatic rings. The van der Waals surface area contributed by atoms with Crippen LogP contribution in [0.1, 0.15) is 30.5 Å². The van der Waals surface area contributed by atoms with E-state index in [1.807, 2.05) is 48.0 Å². The molecule has 5 nitrogen and oxygen atoms in total. The van der Waals surface area contributed by atoms with Crippen LogP contribution in [-0.4, -0.2) is 48.2 Å². The summed E-state index contributed by atoms with van der Waals surface area (Å²) in [6.07, 6.45) is 2.56. The second-order valence-electron chi connectivity index (χ2n) is 8.45. The Morgan fingerprint density at radius 1 is 1.16 bits per heavy atom. The number of carbonyl (C=O) groups is 1. The van der Waals surface area contributed by atoms with E-state index in [0.29, 0.717) is 31.3 Å². The van der Waals surface area contributed by atoms with Gasteiger partial charge in [-0.15, -0.1) is 6.58 Å². The second-order valence-corrected chi connectivity index (χ2v) is 8.45. The predicted molar refractivity (Wildman–Crippen MR) is 128 cm³/mol. The van der Waals surface area contributed by atoms with E-state index >= 15 is 0 Å². The number of likely N-dealkylation sites (N-methyl/N-ethyl adjacent to an activating group) is 1. The molecule has 164 valence electrons. The van der Waals surface area contributed by atoms with Crippen molar-refractivity contribution in [2.75, 3.05) is 31.6 Å². The van der Waals surface area contributed by atoms with E-state index in [4.69, 9.17) is 5.41 Å². The van der Waals surface area contributed by atoms with Crippen molar-refractivity contribution in [3.63, 3.8) is 0 Å². The van der Waals surface area contributed by atoms with Crippen LogP contribution in [0.3, 0.4) is 0 Å². The maximum atomic E-state index is 13.2. The molecule has 1 amide bonds. The molecule has 5 heteroatoms. The summed E-state index contributed by atoms with van der Waals surface area (Å²) in [4.78, 5) is 19.3. The first kappa shape index (κ1) is 22.8. The van der Waals surface area contributed by atoms with Gasteiger partial charge in [0.15, 0.2) is 0 Å². The van der Waals surface area contributed by atoms with E-state index in [1.165, 1.54) is 5.56 Å². The molecule has 1 aliphatic heterocycles. The Kier molecular flexibility index (Phi) is 7.64. The number of para-hydroxylation sites is 1. The van der Waals surface area contributed by atoms with Crippen molar-refractivity contribution in [2.24, 2.45) is 5.92 Å². The topological polar surface area (TPSA) is 50.6 Å². The van der Waals surface area contributed by atoms with Crippen molar-refractivity contribution >= 4 is 17.4 Å². The van der Waals surface area contributed by atoms with Crippen LogP contribution in [0.25, 0.3) is 0 Å². The molecule has 2 aromatic carbocycles. The van der Waals surface area contributed by atoms with Crippen LogP contribution in [0.15, 0.2) is 61.2 Å². The Morgan fingerprint density at radius 3 is 2.52 bits per heavy atom. The molecule has 1 N–H and O–H groups in total. The first-order chi connectivity index (χ1) is 14.9. The van der Waals surface area contributed by atoms with Crippen molar-refractivity contribution in [2.45, 2.75) is 33.4 Å². The first-order valence-electron chi connectivity index (χ1n) is 11.0. The largest absolute Gasteiger partial charge is 0.364 e. The van der Waals surface area contributed by atoms with Gasteiger partial charge in [0.05, 0.1) is 18.9 Å². The smallest absolute Gasteiger partial charge is 0.241 e. The SMILES string of the molecule is C=CC(C)CN1CC(=O)N(Cc2ccc(CC(=N)N(C)CC)cc2)c2ccccc2C1. The Labute approximate surface area is 186 Å². The van der Waals surface area contributed by atoms with Crippen molar-refractivity contribution in [1.29, 1.82) is 5.41 Å². The highest BCUT2D eigenvalue weighted by atomic mass is 16.2. The Hall–Kier alpha value is -2.92. The van der Waals surface area contributed by atoms with Gasteiger partial charge in [-0.2, -0.15) is 0 Å². The Balaban J connectivity index is 1.77. The van der Waals surface area contributed by atoms with Crippen LogP contribution < -0.4 is 4.90 Å². The summed E-state index contributed by atoms with van der Waals surface area (Å²) in [5.74, 6) is 1.07. The van der Waals surface area contributed by atoms with Gasteiger partial charge in [0, 0.05) is 38.8 Å². The quantitative estimate of drug-likeness (QED) is 0.394. The Bertz CT molecular complexity index is 921. The molecule has 1 atom stereocenters. The van der Waals surface area contributed by atoms with Gasteiger partial charge in [-0.25, -0.2) is 0 Å². The molecular formula is C26H34N4O. The summed E-state index contributed by atoms with van der Waals surface area (Å²) < 4.78 is 0. The lowest BCUT2D eigenvalue weighted by Gasteiger charge is -2.24. The summed E-state index contributed by atoms with van der Waals surface area (Å²) in [7, 11) is 1.94. The van der Waals surface area contributed by atoms with Crippen molar-refractivity contribution in [3.05, 3.63) is 77.9 Å². The normalized spacial score (nSPS) is 15.2. The van der Waals surface area contributed by atoms with Gasteiger partial charge in [0.1, 0.15) is 0 Å². The number of fused-ring (bicyclic) bond motifs is 1. The summed E-state index contributed by atoms with van der Waals surface area (Å²) in [5, 5.41) is 8.17. The van der Waals surface area contributed by atoms with E-state index < -0.39 is 0 Å². The third kappa shape index (κ3) is 5.82. The molecule has 1 unspecified atom stereocenters. The number of anilines is 1. The monoisotopic (exact) mass is 418 g/mol. The molecule has 0 spiro atoms. The zero-order chi connectivity index (χ0) is 22.4. The standard InChI is InChI=1S/C26H34N4O/c1-5-20(3)16-29-18-23-9-7-8-10-24(23)30(26(31)19-29)17-22-13-11-21(12-14-22)15-25(27)28(4)6-2/h5,7-14,20,27H,1,6,15-19H2,2-4H3. The third-order valence-corrected chi connectivity index (χ3v) is 5.96. The summed E-state index contributed by atoms with van der Waals surface area (Å²) in [6.45, 7) is 11.4. The van der Waals surface area contributed by atoms with Gasteiger partial charge in [-0.05, 0) is 35.6 Å². The molecule has 0 aliphatic carbocycles. The van der Waals surface area contributed by atoms with Crippen molar-refractivity contribution in [3.8, 4) is 0 Å². The summed E-state index contributed by atoms with van der Waals surface area (Å²) >= 11 is 0. The van der Waals surface area contributed by atoms with Gasteiger partial charge < -0.3 is 9.80 Å². The Morgan fingerprint density at radius 2 is 1.84 bits per heavy atom. The minimum absolute atomic E-state index is 0.122. The minimum atomic E-state index is 0.122. The number of amidine groups is 1. The van der Waals surface area contributed by atoms with E-state index in [-0.39, 0.29) is 5.91 Å². The van der Waals surface area contributed by atoms with Gasteiger partial charge >= 0.3 is 0 Å². The lowest BCUT2D eigenvalue weighted by molar-refractivity contribution is -0.119. The second kappa shape index (κ2) is 10.4. The highest BCUT2D eigenvalue weighted by Crippen LogP contribution is 2.27. The van der Waals surface area contributed by atoms with Crippen LogP contribution in [-0.2, 0) is 24.3 Å². The zero-order valence-electron chi connectivity index (χ0n) is 19.0. The number of hydrogen-bond donors (Lipinski definition) is 1. The fourth-order valence-corrected chi connectivity index (χ4v) is 3.86. The van der Waals surface area contributed by atoms with E-state index in [9.17, 15) is 4.79 Å². The van der Waals surface area contributed by atoms with Crippen LogP contribution in [0.4, 0.5) is 5.69 Å². The molecule has 0 radical (unpaired) electrons. The molecule has 1 heterocycles. The predicted octanol–water partition coefficient (Wildman–Crippen LogP) is 4.33. The fourth-order valence-electron chi connectivity index (χ4n) is 3.86. The highest BCUT2D eigenvalue weighted by Gasteiger charge is 2.26. The van der Waals surface area contributed by atoms with Gasteiger partial charge in [-0.3, -0.25) is 15.1 Å². The maximum Gasteiger partial charge on any atom is 0.241 e. The van der Waals surface area contributed by atoms with Crippen molar-refractivity contribution < 1.29 is 4.79 Å². The summed E-state index contributed by atoms with van der Waals surface area (Å²) in [6, 6.07) is 16.5. The molecular weight excluding hydrogens is 384 g/mol. The van der Waals surface area contributed by atoms with E-state index in [0.717, 1.165) is 36.4 Å². The number of rotatable bonds is 8. The number of benzene rings is 2. The molecule has 31 heavy (non-hydrogen) atoms. The lowest BCUT2D eigenvalue weighted by Crippen LogP contribution is -2.38. The molecule has 0 aromatic heterocycles. The zero-order valence-corrected chi connectivity index (χ0v) is 19.0. The van der Waals surface area contributed by atoms with Crippen LogP contribution in [0.2, 0.25) is 0 Å². The average molecular weight is 419 g/mol. The van der Waals surface area contributed by atoms with Gasteiger partial charge in [-0.1, -0.05) is 55.5 Å². The van der Waals surface area contributed by atoms with E-state index in [1.54, 1.807) is 0 Å².